The molecule has 24 heavy (non-hydrogen) atoms. The summed E-state index contributed by atoms with van der Waals surface area (Å²) >= 11 is 9.56. The maximum absolute atomic E-state index is 13.6. The highest BCUT2D eigenvalue weighted by Crippen LogP contribution is 2.34. The van der Waals surface area contributed by atoms with E-state index in [9.17, 15) is 4.39 Å². The molecule has 0 bridgehead atoms. The summed E-state index contributed by atoms with van der Waals surface area (Å²) in [6, 6.07) is 14.2. The van der Waals surface area contributed by atoms with E-state index in [2.05, 4.69) is 52.1 Å². The van der Waals surface area contributed by atoms with Crippen molar-refractivity contribution >= 4 is 27.5 Å². The molecular weight excluding hydrogens is 391 g/mol. The second-order valence-electron chi connectivity index (χ2n) is 6.48. The van der Waals surface area contributed by atoms with E-state index in [1.165, 1.54) is 11.6 Å². The first kappa shape index (κ1) is 17.9. The quantitative estimate of drug-likeness (QED) is 0.763. The lowest BCUT2D eigenvalue weighted by molar-refractivity contribution is 0.113. The van der Waals surface area contributed by atoms with E-state index in [1.54, 1.807) is 6.07 Å². The Morgan fingerprint density at radius 2 is 1.83 bits per heavy atom. The molecule has 0 spiro atoms. The average molecular weight is 412 g/mol. The highest BCUT2D eigenvalue weighted by Gasteiger charge is 2.31. The Morgan fingerprint density at radius 3 is 2.50 bits per heavy atom. The van der Waals surface area contributed by atoms with E-state index in [-0.39, 0.29) is 16.9 Å². The van der Waals surface area contributed by atoms with Gasteiger partial charge in [0.05, 0.1) is 11.1 Å². The summed E-state index contributed by atoms with van der Waals surface area (Å²) in [6.45, 7) is 6.27. The largest absolute Gasteiger partial charge is 0.311 e. The SMILES string of the molecule is C[C@@H]1CN[C@@H](C)CN1C(c1ccc(Br)cc1)c1ccc(F)c(Cl)c1. The molecule has 128 valence electrons. The molecule has 5 heteroatoms. The van der Waals surface area contributed by atoms with Crippen LogP contribution in [0.3, 0.4) is 0 Å². The average Bonchev–Trinajstić information content (AvgIpc) is 2.56. The number of nitrogens with one attached hydrogen (secondary N) is 1. The van der Waals surface area contributed by atoms with Crippen molar-refractivity contribution < 1.29 is 4.39 Å². The topological polar surface area (TPSA) is 15.3 Å². The Labute approximate surface area is 156 Å². The normalized spacial score (nSPS) is 23.2. The number of piperazine rings is 1. The van der Waals surface area contributed by atoms with E-state index in [0.29, 0.717) is 12.1 Å². The smallest absolute Gasteiger partial charge is 0.141 e. The van der Waals surface area contributed by atoms with Gasteiger partial charge in [-0.2, -0.15) is 0 Å². The molecule has 0 amide bonds. The molecule has 3 atom stereocenters. The lowest BCUT2D eigenvalue weighted by atomic mass is 9.94. The van der Waals surface area contributed by atoms with Crippen molar-refractivity contribution in [3.8, 4) is 0 Å². The van der Waals surface area contributed by atoms with Crippen molar-refractivity contribution in [3.05, 3.63) is 68.9 Å². The first-order valence-electron chi connectivity index (χ1n) is 8.15. The molecule has 1 aliphatic heterocycles. The Balaban J connectivity index is 2.05. The molecule has 2 aromatic rings. The highest BCUT2D eigenvalue weighted by molar-refractivity contribution is 9.10. The van der Waals surface area contributed by atoms with Gasteiger partial charge in [-0.3, -0.25) is 4.90 Å². The van der Waals surface area contributed by atoms with Gasteiger partial charge < -0.3 is 5.32 Å². The van der Waals surface area contributed by atoms with Crippen molar-refractivity contribution in [2.75, 3.05) is 13.1 Å². The van der Waals surface area contributed by atoms with E-state index in [4.69, 9.17) is 11.6 Å². The molecule has 1 heterocycles. The molecule has 1 unspecified atom stereocenters. The number of hydrogen-bond donors (Lipinski definition) is 1. The molecule has 1 fully saturated rings. The molecule has 0 saturated carbocycles. The number of rotatable bonds is 3. The van der Waals surface area contributed by atoms with Gasteiger partial charge in [0.1, 0.15) is 5.82 Å². The van der Waals surface area contributed by atoms with Crippen LogP contribution >= 0.6 is 27.5 Å². The standard InChI is InChI=1S/C19H21BrClFN2/c1-12-11-24(13(2)10-23-12)19(14-3-6-16(20)7-4-14)15-5-8-18(22)17(21)9-15/h3-9,12-13,19,23H,10-11H2,1-2H3/t12-,13+,19?/m0/s1. The van der Waals surface area contributed by atoms with Crippen LogP contribution in [0, 0.1) is 5.82 Å². The minimum absolute atomic E-state index is 0.0516. The predicted octanol–water partition coefficient (Wildman–Crippen LogP) is 5.01. The molecule has 0 aromatic heterocycles. The molecule has 2 nitrogen and oxygen atoms in total. The zero-order valence-electron chi connectivity index (χ0n) is 13.8. The van der Waals surface area contributed by atoms with Crippen LogP contribution < -0.4 is 5.32 Å². The number of hydrogen-bond acceptors (Lipinski definition) is 2. The Kier molecular flexibility index (Phi) is 5.60. The van der Waals surface area contributed by atoms with Crippen LogP contribution in [-0.4, -0.2) is 30.1 Å². The predicted molar refractivity (Wildman–Crippen MR) is 101 cm³/mol. The van der Waals surface area contributed by atoms with E-state index in [1.807, 2.05) is 18.2 Å². The Hall–Kier alpha value is -0.940. The van der Waals surface area contributed by atoms with Crippen LogP contribution in [0.5, 0.6) is 0 Å². The first-order chi connectivity index (χ1) is 11.5. The molecule has 0 radical (unpaired) electrons. The molecular formula is C19H21BrClFN2. The van der Waals surface area contributed by atoms with Crippen LogP contribution in [0.2, 0.25) is 5.02 Å². The van der Waals surface area contributed by atoms with Gasteiger partial charge in [0.15, 0.2) is 0 Å². The van der Waals surface area contributed by atoms with Gasteiger partial charge in [0.2, 0.25) is 0 Å². The molecule has 0 aliphatic carbocycles. The minimum atomic E-state index is -0.378. The lowest BCUT2D eigenvalue weighted by Crippen LogP contribution is -2.55. The van der Waals surface area contributed by atoms with E-state index >= 15 is 0 Å². The number of nitrogens with zero attached hydrogens (tertiary/aromatic N) is 1. The van der Waals surface area contributed by atoms with Crippen molar-refractivity contribution in [3.63, 3.8) is 0 Å². The van der Waals surface area contributed by atoms with E-state index in [0.717, 1.165) is 23.1 Å². The summed E-state index contributed by atoms with van der Waals surface area (Å²) in [5.41, 5.74) is 2.20. The second kappa shape index (κ2) is 7.52. The summed E-state index contributed by atoms with van der Waals surface area (Å²) in [5.74, 6) is -0.378. The van der Waals surface area contributed by atoms with Crippen LogP contribution in [-0.2, 0) is 0 Å². The maximum atomic E-state index is 13.6. The second-order valence-corrected chi connectivity index (χ2v) is 7.81. The fourth-order valence-electron chi connectivity index (χ4n) is 3.31. The van der Waals surface area contributed by atoms with Crippen molar-refractivity contribution in [2.45, 2.75) is 32.0 Å². The minimum Gasteiger partial charge on any atom is -0.311 e. The fourth-order valence-corrected chi connectivity index (χ4v) is 3.77. The van der Waals surface area contributed by atoms with Crippen LogP contribution in [0.1, 0.15) is 31.0 Å². The molecule has 1 saturated heterocycles. The van der Waals surface area contributed by atoms with Gasteiger partial charge in [0, 0.05) is 29.6 Å². The summed E-state index contributed by atoms with van der Waals surface area (Å²) in [4.78, 5) is 2.47. The fraction of sp³-hybridized carbons (Fsp3) is 0.368. The molecule has 3 rings (SSSR count). The zero-order valence-corrected chi connectivity index (χ0v) is 16.1. The number of halogens is 3. The first-order valence-corrected chi connectivity index (χ1v) is 9.32. The Morgan fingerprint density at radius 1 is 1.17 bits per heavy atom. The third kappa shape index (κ3) is 3.83. The third-order valence-corrected chi connectivity index (χ3v) is 5.41. The summed E-state index contributed by atoms with van der Waals surface area (Å²) in [6.07, 6.45) is 0. The van der Waals surface area contributed by atoms with Crippen LogP contribution in [0.4, 0.5) is 4.39 Å². The number of benzene rings is 2. The van der Waals surface area contributed by atoms with Crippen molar-refractivity contribution in [2.24, 2.45) is 0 Å². The summed E-state index contributed by atoms with van der Waals surface area (Å²) in [5, 5.41) is 3.69. The molecule has 2 aromatic carbocycles. The maximum Gasteiger partial charge on any atom is 0.141 e. The molecule has 1 N–H and O–H groups in total. The summed E-state index contributed by atoms with van der Waals surface area (Å²) < 4.78 is 14.7. The van der Waals surface area contributed by atoms with Crippen molar-refractivity contribution in [1.82, 2.24) is 10.2 Å². The van der Waals surface area contributed by atoms with Gasteiger partial charge in [-0.1, -0.05) is 45.7 Å². The van der Waals surface area contributed by atoms with Crippen LogP contribution in [0.25, 0.3) is 0 Å². The molecule has 1 aliphatic rings. The third-order valence-electron chi connectivity index (χ3n) is 4.59. The van der Waals surface area contributed by atoms with Crippen molar-refractivity contribution in [1.29, 1.82) is 0 Å². The Bertz CT molecular complexity index is 707. The van der Waals surface area contributed by atoms with Gasteiger partial charge in [-0.05, 0) is 49.2 Å². The highest BCUT2D eigenvalue weighted by atomic mass is 79.9. The van der Waals surface area contributed by atoms with Gasteiger partial charge in [-0.25, -0.2) is 4.39 Å². The zero-order chi connectivity index (χ0) is 17.3. The summed E-state index contributed by atoms with van der Waals surface area (Å²) in [7, 11) is 0. The monoisotopic (exact) mass is 410 g/mol. The lowest BCUT2D eigenvalue weighted by Gasteiger charge is -2.43. The van der Waals surface area contributed by atoms with Gasteiger partial charge >= 0.3 is 0 Å². The van der Waals surface area contributed by atoms with Gasteiger partial charge in [0.25, 0.3) is 0 Å². The van der Waals surface area contributed by atoms with Crippen LogP contribution in [0.15, 0.2) is 46.9 Å². The van der Waals surface area contributed by atoms with E-state index < -0.39 is 0 Å². The van der Waals surface area contributed by atoms with Gasteiger partial charge in [-0.15, -0.1) is 0 Å².